The van der Waals surface area contributed by atoms with Crippen molar-refractivity contribution in [1.82, 2.24) is 0 Å². The van der Waals surface area contributed by atoms with Gasteiger partial charge in [0, 0.05) is 10.2 Å². The molecule has 98 valence electrons. The van der Waals surface area contributed by atoms with Gasteiger partial charge in [0.2, 0.25) is 0 Å². The van der Waals surface area contributed by atoms with E-state index in [1.807, 2.05) is 43.3 Å². The van der Waals surface area contributed by atoms with Gasteiger partial charge in [-0.15, -0.1) is 0 Å². The Morgan fingerprint density at radius 3 is 2.58 bits per heavy atom. The largest absolute Gasteiger partial charge is 0.457 e. The van der Waals surface area contributed by atoms with Crippen molar-refractivity contribution >= 4 is 27.6 Å². The monoisotopic (exact) mass is 319 g/mol. The lowest BCUT2D eigenvalue weighted by molar-refractivity contribution is 0.0473. The molecule has 0 amide bonds. The van der Waals surface area contributed by atoms with Gasteiger partial charge in [0.1, 0.15) is 6.61 Å². The molecule has 2 aromatic rings. The molecule has 2 N–H and O–H groups in total. The molecule has 0 bridgehead atoms. The van der Waals surface area contributed by atoms with Crippen LogP contribution in [0.3, 0.4) is 0 Å². The topological polar surface area (TPSA) is 52.3 Å². The van der Waals surface area contributed by atoms with Gasteiger partial charge in [0.25, 0.3) is 0 Å². The smallest absolute Gasteiger partial charge is 0.340 e. The normalized spacial score (nSPS) is 10.2. The van der Waals surface area contributed by atoms with Crippen molar-refractivity contribution in [2.45, 2.75) is 13.5 Å². The zero-order chi connectivity index (χ0) is 13.8. The van der Waals surface area contributed by atoms with E-state index in [4.69, 9.17) is 10.5 Å². The summed E-state index contributed by atoms with van der Waals surface area (Å²) in [6.45, 7) is 2.07. The van der Waals surface area contributed by atoms with Crippen LogP contribution in [-0.2, 0) is 11.3 Å². The quantitative estimate of drug-likeness (QED) is 0.693. The number of carbonyl (C=O) groups is 1. The second-order valence-electron chi connectivity index (χ2n) is 4.20. The maximum atomic E-state index is 12.1. The van der Waals surface area contributed by atoms with Crippen LogP contribution >= 0.6 is 15.9 Å². The maximum absolute atomic E-state index is 12.1. The van der Waals surface area contributed by atoms with Crippen LogP contribution < -0.4 is 5.73 Å². The third-order valence-electron chi connectivity index (χ3n) is 2.85. The third kappa shape index (κ3) is 3.15. The molecule has 2 rings (SSSR count). The summed E-state index contributed by atoms with van der Waals surface area (Å²) in [4.78, 5) is 12.1. The van der Waals surface area contributed by atoms with E-state index in [-0.39, 0.29) is 6.61 Å². The standard InChI is InChI=1S/C15H14BrNO2/c1-10-12(16)7-8-13(17)14(10)15(18)19-9-11-5-3-2-4-6-11/h2-8H,9,17H2,1H3. The first-order chi connectivity index (χ1) is 9.09. The van der Waals surface area contributed by atoms with Crippen LogP contribution in [0.2, 0.25) is 0 Å². The number of rotatable bonds is 3. The molecule has 0 fully saturated rings. The Hall–Kier alpha value is -1.81. The molecule has 19 heavy (non-hydrogen) atoms. The van der Waals surface area contributed by atoms with Crippen LogP contribution in [0.25, 0.3) is 0 Å². The molecule has 0 saturated heterocycles. The fourth-order valence-electron chi connectivity index (χ4n) is 1.77. The Bertz CT molecular complexity index is 597. The highest BCUT2D eigenvalue weighted by Gasteiger charge is 2.16. The summed E-state index contributed by atoms with van der Waals surface area (Å²) in [5.41, 5.74) is 8.43. The number of nitrogen functional groups attached to an aromatic ring is 1. The third-order valence-corrected chi connectivity index (χ3v) is 3.71. The van der Waals surface area contributed by atoms with E-state index >= 15 is 0 Å². The highest BCUT2D eigenvalue weighted by molar-refractivity contribution is 9.10. The molecule has 0 aliphatic heterocycles. The summed E-state index contributed by atoms with van der Waals surface area (Å²) in [7, 11) is 0. The minimum Gasteiger partial charge on any atom is -0.457 e. The summed E-state index contributed by atoms with van der Waals surface area (Å²) in [6, 6.07) is 13.1. The molecule has 0 unspecified atom stereocenters. The molecular formula is C15H14BrNO2. The van der Waals surface area contributed by atoms with Crippen molar-refractivity contribution in [3.8, 4) is 0 Å². The molecule has 0 aliphatic rings. The summed E-state index contributed by atoms with van der Waals surface area (Å²) in [5, 5.41) is 0. The van der Waals surface area contributed by atoms with Crippen molar-refractivity contribution in [3.63, 3.8) is 0 Å². The fraction of sp³-hybridized carbons (Fsp3) is 0.133. The summed E-state index contributed by atoms with van der Waals surface area (Å²) in [5.74, 6) is -0.403. The van der Waals surface area contributed by atoms with Crippen molar-refractivity contribution in [2.24, 2.45) is 0 Å². The van der Waals surface area contributed by atoms with Gasteiger partial charge in [0.15, 0.2) is 0 Å². The van der Waals surface area contributed by atoms with E-state index in [2.05, 4.69) is 15.9 Å². The lowest BCUT2D eigenvalue weighted by Crippen LogP contribution is -2.10. The van der Waals surface area contributed by atoms with Gasteiger partial charge in [-0.25, -0.2) is 4.79 Å². The Morgan fingerprint density at radius 2 is 1.89 bits per heavy atom. The Morgan fingerprint density at radius 1 is 1.21 bits per heavy atom. The van der Waals surface area contributed by atoms with Crippen LogP contribution in [0.5, 0.6) is 0 Å². The SMILES string of the molecule is Cc1c(Br)ccc(N)c1C(=O)OCc1ccccc1. The average Bonchev–Trinajstić information content (AvgIpc) is 2.42. The Balaban J connectivity index is 2.15. The molecule has 2 aromatic carbocycles. The predicted octanol–water partition coefficient (Wildman–Crippen LogP) is 3.70. The molecular weight excluding hydrogens is 306 g/mol. The van der Waals surface area contributed by atoms with Crippen molar-refractivity contribution in [3.05, 3.63) is 63.6 Å². The van der Waals surface area contributed by atoms with Crippen molar-refractivity contribution < 1.29 is 9.53 Å². The number of nitrogens with two attached hydrogens (primary N) is 1. The van der Waals surface area contributed by atoms with Crippen LogP contribution in [0, 0.1) is 6.92 Å². The second-order valence-corrected chi connectivity index (χ2v) is 5.05. The summed E-state index contributed by atoms with van der Waals surface area (Å²) in [6.07, 6.45) is 0. The van der Waals surface area contributed by atoms with E-state index in [0.717, 1.165) is 15.6 Å². The first kappa shape index (κ1) is 13.6. The average molecular weight is 320 g/mol. The molecule has 3 nitrogen and oxygen atoms in total. The lowest BCUT2D eigenvalue weighted by atomic mass is 10.1. The Labute approximate surface area is 120 Å². The van der Waals surface area contributed by atoms with Gasteiger partial charge in [-0.1, -0.05) is 46.3 Å². The fourth-order valence-corrected chi connectivity index (χ4v) is 2.10. The zero-order valence-electron chi connectivity index (χ0n) is 10.5. The number of carbonyl (C=O) groups excluding carboxylic acids is 1. The summed E-state index contributed by atoms with van der Waals surface area (Å²) >= 11 is 3.38. The number of ether oxygens (including phenoxy) is 1. The molecule has 4 heteroatoms. The van der Waals surface area contributed by atoms with E-state index < -0.39 is 5.97 Å². The van der Waals surface area contributed by atoms with E-state index in [0.29, 0.717) is 11.3 Å². The number of esters is 1. The minimum atomic E-state index is -0.403. The molecule has 0 atom stereocenters. The van der Waals surface area contributed by atoms with Gasteiger partial charge in [0.05, 0.1) is 5.56 Å². The van der Waals surface area contributed by atoms with Gasteiger partial charge in [-0.2, -0.15) is 0 Å². The first-order valence-corrected chi connectivity index (χ1v) is 6.64. The number of hydrogen-bond donors (Lipinski definition) is 1. The minimum absolute atomic E-state index is 0.241. The van der Waals surface area contributed by atoms with Gasteiger partial charge < -0.3 is 10.5 Å². The molecule has 0 saturated carbocycles. The van der Waals surface area contributed by atoms with E-state index in [9.17, 15) is 4.79 Å². The molecule has 0 aromatic heterocycles. The van der Waals surface area contributed by atoms with Crippen LogP contribution in [0.15, 0.2) is 46.9 Å². The maximum Gasteiger partial charge on any atom is 0.340 e. The zero-order valence-corrected chi connectivity index (χ0v) is 12.1. The van der Waals surface area contributed by atoms with Crippen molar-refractivity contribution in [2.75, 3.05) is 5.73 Å². The highest BCUT2D eigenvalue weighted by atomic mass is 79.9. The van der Waals surface area contributed by atoms with E-state index in [1.54, 1.807) is 6.07 Å². The van der Waals surface area contributed by atoms with Gasteiger partial charge >= 0.3 is 5.97 Å². The van der Waals surface area contributed by atoms with Gasteiger partial charge in [-0.05, 0) is 30.2 Å². The number of benzene rings is 2. The van der Waals surface area contributed by atoms with Crippen LogP contribution in [-0.4, -0.2) is 5.97 Å². The number of halogens is 1. The highest BCUT2D eigenvalue weighted by Crippen LogP contribution is 2.25. The van der Waals surface area contributed by atoms with Crippen LogP contribution in [0.1, 0.15) is 21.5 Å². The molecule has 0 aliphatic carbocycles. The molecule has 0 heterocycles. The summed E-state index contributed by atoms with van der Waals surface area (Å²) < 4.78 is 6.13. The van der Waals surface area contributed by atoms with Crippen LogP contribution in [0.4, 0.5) is 5.69 Å². The van der Waals surface area contributed by atoms with Crippen molar-refractivity contribution in [1.29, 1.82) is 0 Å². The molecule has 0 spiro atoms. The predicted molar refractivity (Wildman–Crippen MR) is 78.9 cm³/mol. The second kappa shape index (κ2) is 5.89. The lowest BCUT2D eigenvalue weighted by Gasteiger charge is -2.11. The Kier molecular flexibility index (Phi) is 4.22. The number of hydrogen-bond acceptors (Lipinski definition) is 3. The van der Waals surface area contributed by atoms with E-state index in [1.165, 1.54) is 0 Å². The molecule has 0 radical (unpaired) electrons. The van der Waals surface area contributed by atoms with Gasteiger partial charge in [-0.3, -0.25) is 0 Å². The number of anilines is 1. The first-order valence-electron chi connectivity index (χ1n) is 5.85.